The molecule has 0 aliphatic heterocycles. The number of aromatic nitrogens is 1. The lowest BCUT2D eigenvalue weighted by molar-refractivity contribution is -0.144. The van der Waals surface area contributed by atoms with Crippen LogP contribution in [0.3, 0.4) is 0 Å². The van der Waals surface area contributed by atoms with E-state index in [2.05, 4.69) is 15.1 Å². The summed E-state index contributed by atoms with van der Waals surface area (Å²) in [6.07, 6.45) is 0. The van der Waals surface area contributed by atoms with Gasteiger partial charge in [-0.2, -0.15) is 0 Å². The lowest BCUT2D eigenvalue weighted by Gasteiger charge is -2.04. The van der Waals surface area contributed by atoms with Gasteiger partial charge in [0.2, 0.25) is 0 Å². The minimum Gasteiger partial charge on any atom is -0.479 e. The number of rotatable bonds is 5. The van der Waals surface area contributed by atoms with Gasteiger partial charge in [0.05, 0.1) is 6.54 Å². The molecule has 1 heterocycles. The number of carbonyl (C=O) groups is 2. The number of hydroxylamine groups is 1. The highest BCUT2D eigenvalue weighted by Crippen LogP contribution is 1.93. The minimum absolute atomic E-state index is 0.126. The molecule has 8 nitrogen and oxygen atoms in total. The molecule has 0 radical (unpaired) electrons. The number of carbonyl (C=O) groups excluding carboxylic acids is 1. The van der Waals surface area contributed by atoms with Crippen molar-refractivity contribution in [1.29, 1.82) is 0 Å². The van der Waals surface area contributed by atoms with E-state index in [-0.39, 0.29) is 11.4 Å². The lowest BCUT2D eigenvalue weighted by Crippen LogP contribution is -2.36. The van der Waals surface area contributed by atoms with Crippen LogP contribution in [-0.4, -0.2) is 28.7 Å². The number of H-pyrrole nitrogens is 1. The molecule has 88 valence electrons. The molecule has 0 spiro atoms. The zero-order valence-electron chi connectivity index (χ0n) is 7.98. The molecule has 1 aromatic rings. The smallest absolute Gasteiger partial charge is 0.339 e. The summed E-state index contributed by atoms with van der Waals surface area (Å²) in [7, 11) is 0. The molecule has 0 saturated carbocycles. The Hall–Kier alpha value is -1.87. The number of hydrogen-bond donors (Lipinski definition) is 4. The highest BCUT2D eigenvalue weighted by molar-refractivity contribution is 7.07. The maximum atomic E-state index is 11.0. The molecule has 0 fully saturated rings. The highest BCUT2D eigenvalue weighted by Gasteiger charge is 2.03. The fourth-order valence-electron chi connectivity index (χ4n) is 0.775. The molecule has 1 aromatic heterocycles. The van der Waals surface area contributed by atoms with Gasteiger partial charge >= 0.3 is 16.9 Å². The SMILES string of the molecule is O=C(O)CONC(=O)NCc1csc(=O)[nH]1. The van der Waals surface area contributed by atoms with Crippen LogP contribution in [0.2, 0.25) is 0 Å². The second kappa shape index (κ2) is 5.88. The van der Waals surface area contributed by atoms with Crippen molar-refractivity contribution in [3.63, 3.8) is 0 Å². The van der Waals surface area contributed by atoms with Crippen LogP contribution < -0.4 is 15.7 Å². The van der Waals surface area contributed by atoms with Crippen LogP contribution >= 0.6 is 11.3 Å². The average Bonchev–Trinajstić information content (AvgIpc) is 2.61. The molecule has 0 aliphatic carbocycles. The average molecular weight is 247 g/mol. The standard InChI is InChI=1S/C7H9N3O5S/c11-5(12)2-15-10-6(13)8-1-4-3-16-7(14)9-4/h3H,1-2H2,(H,9,14)(H,11,12)(H2,8,10,13). The summed E-state index contributed by atoms with van der Waals surface area (Å²) < 4.78 is 0. The Balaban J connectivity index is 2.20. The van der Waals surface area contributed by atoms with Gasteiger partial charge in [-0.1, -0.05) is 11.3 Å². The Morgan fingerprint density at radius 2 is 2.31 bits per heavy atom. The molecule has 9 heteroatoms. The van der Waals surface area contributed by atoms with Crippen molar-refractivity contribution >= 4 is 23.3 Å². The largest absolute Gasteiger partial charge is 0.479 e. The maximum absolute atomic E-state index is 11.0. The van der Waals surface area contributed by atoms with Gasteiger partial charge in [-0.3, -0.25) is 9.63 Å². The number of urea groups is 1. The topological polar surface area (TPSA) is 121 Å². The number of amides is 2. The number of carboxylic acids is 1. The summed E-state index contributed by atoms with van der Waals surface area (Å²) in [5, 5.41) is 12.1. The molecule has 0 unspecified atom stereocenters. The Morgan fingerprint density at radius 1 is 1.56 bits per heavy atom. The molecular formula is C7H9N3O5S. The summed E-state index contributed by atoms with van der Waals surface area (Å²) in [5.74, 6) is -1.19. The van der Waals surface area contributed by atoms with Gasteiger partial charge < -0.3 is 15.4 Å². The second-order valence-corrected chi connectivity index (χ2v) is 3.48. The van der Waals surface area contributed by atoms with Crippen molar-refractivity contribution in [2.45, 2.75) is 6.54 Å². The van der Waals surface area contributed by atoms with E-state index in [0.29, 0.717) is 5.69 Å². The van der Waals surface area contributed by atoms with Crippen LogP contribution in [0.15, 0.2) is 10.2 Å². The lowest BCUT2D eigenvalue weighted by atomic mass is 10.5. The van der Waals surface area contributed by atoms with Crippen molar-refractivity contribution in [3.8, 4) is 0 Å². The normalized spacial score (nSPS) is 9.75. The van der Waals surface area contributed by atoms with Gasteiger partial charge in [-0.25, -0.2) is 15.1 Å². The number of nitrogens with one attached hydrogen (secondary N) is 3. The molecule has 0 saturated heterocycles. The van der Waals surface area contributed by atoms with E-state index < -0.39 is 18.6 Å². The third-order valence-electron chi connectivity index (χ3n) is 1.37. The number of thiazole rings is 1. The Morgan fingerprint density at radius 3 is 2.88 bits per heavy atom. The first-order chi connectivity index (χ1) is 7.58. The van der Waals surface area contributed by atoms with Crippen molar-refractivity contribution in [1.82, 2.24) is 15.8 Å². The highest BCUT2D eigenvalue weighted by atomic mass is 32.1. The molecule has 4 N–H and O–H groups in total. The van der Waals surface area contributed by atoms with E-state index in [1.165, 1.54) is 0 Å². The molecule has 16 heavy (non-hydrogen) atoms. The minimum atomic E-state index is -1.19. The van der Waals surface area contributed by atoms with Crippen LogP contribution in [0.1, 0.15) is 5.69 Å². The number of hydrogen-bond acceptors (Lipinski definition) is 5. The quantitative estimate of drug-likeness (QED) is 0.510. The fourth-order valence-corrected chi connectivity index (χ4v) is 1.36. The van der Waals surface area contributed by atoms with E-state index in [9.17, 15) is 14.4 Å². The van der Waals surface area contributed by atoms with E-state index >= 15 is 0 Å². The second-order valence-electron chi connectivity index (χ2n) is 2.64. The van der Waals surface area contributed by atoms with Crippen molar-refractivity contribution in [2.24, 2.45) is 0 Å². The third-order valence-corrected chi connectivity index (χ3v) is 2.09. The monoisotopic (exact) mass is 247 g/mol. The molecular weight excluding hydrogens is 238 g/mol. The van der Waals surface area contributed by atoms with Crippen molar-refractivity contribution in [2.75, 3.05) is 6.61 Å². The first-order valence-corrected chi connectivity index (χ1v) is 5.00. The summed E-state index contributed by atoms with van der Waals surface area (Å²) in [6.45, 7) is -0.496. The number of aliphatic carboxylic acids is 1. The summed E-state index contributed by atoms with van der Waals surface area (Å²) in [5.41, 5.74) is 2.43. The molecule has 0 atom stereocenters. The first-order valence-electron chi connectivity index (χ1n) is 4.12. The molecule has 2 amide bonds. The Kier molecular flexibility index (Phi) is 4.48. The summed E-state index contributed by atoms with van der Waals surface area (Å²) in [4.78, 5) is 38.3. The molecule has 0 aliphatic rings. The van der Waals surface area contributed by atoms with Crippen LogP contribution in [-0.2, 0) is 16.2 Å². The van der Waals surface area contributed by atoms with Crippen molar-refractivity contribution in [3.05, 3.63) is 20.7 Å². The first kappa shape index (κ1) is 12.2. The van der Waals surface area contributed by atoms with Gasteiger partial charge in [0, 0.05) is 11.1 Å². The number of carboxylic acid groups (broad SMARTS) is 1. The predicted molar refractivity (Wildman–Crippen MR) is 53.9 cm³/mol. The van der Waals surface area contributed by atoms with Crippen LogP contribution in [0.25, 0.3) is 0 Å². The predicted octanol–water partition coefficient (Wildman–Crippen LogP) is -0.748. The summed E-state index contributed by atoms with van der Waals surface area (Å²) >= 11 is 0.986. The van der Waals surface area contributed by atoms with Crippen LogP contribution in [0, 0.1) is 0 Å². The maximum Gasteiger partial charge on any atom is 0.339 e. The molecule has 0 aromatic carbocycles. The fraction of sp³-hybridized carbons (Fsp3) is 0.286. The van der Waals surface area contributed by atoms with Crippen molar-refractivity contribution < 1.29 is 19.5 Å². The van der Waals surface area contributed by atoms with Crippen LogP contribution in [0.4, 0.5) is 4.79 Å². The Bertz CT molecular complexity index is 426. The van der Waals surface area contributed by atoms with Gasteiger partial charge in [0.15, 0.2) is 6.61 Å². The summed E-state index contributed by atoms with van der Waals surface area (Å²) in [6, 6.07) is -0.687. The van der Waals surface area contributed by atoms with Gasteiger partial charge in [0.25, 0.3) is 0 Å². The third kappa shape index (κ3) is 4.57. The zero-order valence-corrected chi connectivity index (χ0v) is 8.80. The van der Waals surface area contributed by atoms with Crippen LogP contribution in [0.5, 0.6) is 0 Å². The van der Waals surface area contributed by atoms with Gasteiger partial charge in [-0.05, 0) is 0 Å². The number of aromatic amines is 1. The van der Waals surface area contributed by atoms with E-state index in [0.717, 1.165) is 11.3 Å². The molecule has 1 rings (SSSR count). The van der Waals surface area contributed by atoms with E-state index in [1.807, 2.05) is 5.48 Å². The molecule has 0 bridgehead atoms. The zero-order chi connectivity index (χ0) is 12.0. The van der Waals surface area contributed by atoms with Gasteiger partial charge in [0.1, 0.15) is 0 Å². The van der Waals surface area contributed by atoms with E-state index in [1.54, 1.807) is 5.38 Å². The van der Waals surface area contributed by atoms with E-state index in [4.69, 9.17) is 5.11 Å². The Labute approximate surface area is 93.2 Å². The van der Waals surface area contributed by atoms with Gasteiger partial charge in [-0.15, -0.1) is 0 Å².